The SMILES string of the molecule is Cc1ccn(-c2ccc(C(=O)N3CCN(C4=NC(=O)C5C=CC=CC5=N4)CC3)cc2)n1. The van der Waals surface area contributed by atoms with Crippen molar-refractivity contribution in [3.63, 3.8) is 0 Å². The first-order valence-corrected chi connectivity index (χ1v) is 10.3. The van der Waals surface area contributed by atoms with Crippen LogP contribution in [0.1, 0.15) is 16.1 Å². The van der Waals surface area contributed by atoms with Crippen molar-refractivity contribution in [2.75, 3.05) is 26.2 Å². The fourth-order valence-corrected chi connectivity index (χ4v) is 3.91. The lowest BCUT2D eigenvalue weighted by atomic mass is 9.97. The molecule has 1 unspecified atom stereocenters. The number of guanidine groups is 1. The van der Waals surface area contributed by atoms with Crippen LogP contribution < -0.4 is 0 Å². The summed E-state index contributed by atoms with van der Waals surface area (Å²) in [5.74, 6) is -0.116. The summed E-state index contributed by atoms with van der Waals surface area (Å²) in [7, 11) is 0. The van der Waals surface area contributed by atoms with Crippen molar-refractivity contribution in [1.29, 1.82) is 0 Å². The third-order valence-electron chi connectivity index (χ3n) is 5.66. The number of rotatable bonds is 2. The van der Waals surface area contributed by atoms with Crippen molar-refractivity contribution in [3.8, 4) is 5.69 Å². The first kappa shape index (κ1) is 19.2. The van der Waals surface area contributed by atoms with E-state index in [1.165, 1.54) is 0 Å². The van der Waals surface area contributed by atoms with Gasteiger partial charge in [-0.2, -0.15) is 10.1 Å². The average Bonchev–Trinajstić information content (AvgIpc) is 3.25. The lowest BCUT2D eigenvalue weighted by Gasteiger charge is -2.36. The fraction of sp³-hybridized carbons (Fsp3) is 0.261. The predicted octanol–water partition coefficient (Wildman–Crippen LogP) is 2.02. The third-order valence-corrected chi connectivity index (χ3v) is 5.66. The summed E-state index contributed by atoms with van der Waals surface area (Å²) >= 11 is 0. The second-order valence-electron chi connectivity index (χ2n) is 7.74. The number of benzene rings is 1. The van der Waals surface area contributed by atoms with E-state index < -0.39 is 0 Å². The Labute approximate surface area is 179 Å². The summed E-state index contributed by atoms with van der Waals surface area (Å²) in [6, 6.07) is 9.41. The second kappa shape index (κ2) is 7.79. The van der Waals surface area contributed by atoms with E-state index in [1.54, 1.807) is 4.68 Å². The Morgan fingerprint density at radius 2 is 1.77 bits per heavy atom. The zero-order valence-corrected chi connectivity index (χ0v) is 17.2. The number of hydrogen-bond acceptors (Lipinski definition) is 5. The van der Waals surface area contributed by atoms with Gasteiger partial charge >= 0.3 is 0 Å². The highest BCUT2D eigenvalue weighted by atomic mass is 16.2. The molecule has 2 aromatic rings. The molecule has 0 N–H and O–H groups in total. The maximum absolute atomic E-state index is 12.9. The summed E-state index contributed by atoms with van der Waals surface area (Å²) < 4.78 is 1.79. The molecule has 3 aliphatic rings. The van der Waals surface area contributed by atoms with Crippen LogP contribution >= 0.6 is 0 Å². The molecule has 31 heavy (non-hydrogen) atoms. The van der Waals surface area contributed by atoms with E-state index in [0.717, 1.165) is 17.1 Å². The van der Waals surface area contributed by atoms with Crippen LogP contribution in [-0.2, 0) is 4.79 Å². The minimum Gasteiger partial charge on any atom is -0.337 e. The number of fused-ring (bicyclic) bond motifs is 1. The Bertz CT molecular complexity index is 1150. The molecule has 1 saturated heterocycles. The molecule has 8 heteroatoms. The Morgan fingerprint density at radius 1 is 1.00 bits per heavy atom. The van der Waals surface area contributed by atoms with Gasteiger partial charge in [-0.05, 0) is 43.3 Å². The lowest BCUT2D eigenvalue weighted by molar-refractivity contribution is -0.118. The summed E-state index contributed by atoms with van der Waals surface area (Å²) in [5.41, 5.74) is 3.23. The van der Waals surface area contributed by atoms with Gasteiger partial charge in [0.05, 0.1) is 17.1 Å². The molecule has 1 aromatic heterocycles. The number of amides is 2. The van der Waals surface area contributed by atoms with Crippen LogP contribution in [0.4, 0.5) is 0 Å². The summed E-state index contributed by atoms with van der Waals surface area (Å²) in [6.45, 7) is 4.22. The number of aliphatic imine (C=N–C) groups is 2. The number of aryl methyl sites for hydroxylation is 1. The van der Waals surface area contributed by atoms with Crippen LogP contribution in [0.2, 0.25) is 0 Å². The quantitative estimate of drug-likeness (QED) is 0.753. The van der Waals surface area contributed by atoms with E-state index in [-0.39, 0.29) is 17.7 Å². The van der Waals surface area contributed by atoms with E-state index in [0.29, 0.717) is 37.7 Å². The number of carbonyl (C=O) groups is 2. The average molecular weight is 414 g/mol. The molecule has 0 radical (unpaired) electrons. The van der Waals surface area contributed by atoms with E-state index in [1.807, 2.05) is 77.6 Å². The standard InChI is InChI=1S/C23H22N6O2/c1-16-10-11-29(26-16)18-8-6-17(7-9-18)22(31)27-12-14-28(15-13-27)23-24-20-5-3-2-4-19(20)21(30)25-23/h2-11,19H,12-15H2,1H3. The van der Waals surface area contributed by atoms with Crippen molar-refractivity contribution in [2.24, 2.45) is 15.9 Å². The highest BCUT2D eigenvalue weighted by Gasteiger charge is 2.30. The molecule has 0 saturated carbocycles. The topological polar surface area (TPSA) is 83.2 Å². The lowest BCUT2D eigenvalue weighted by Crippen LogP contribution is -2.51. The Balaban J connectivity index is 1.23. The molecule has 1 fully saturated rings. The zero-order valence-electron chi connectivity index (χ0n) is 17.2. The van der Waals surface area contributed by atoms with Gasteiger partial charge in [0, 0.05) is 37.9 Å². The molecular formula is C23H22N6O2. The summed E-state index contributed by atoms with van der Waals surface area (Å²) in [6.07, 6.45) is 9.28. The van der Waals surface area contributed by atoms with Gasteiger partial charge in [0.2, 0.25) is 5.96 Å². The summed E-state index contributed by atoms with van der Waals surface area (Å²) in [4.78, 5) is 37.8. The molecular weight excluding hydrogens is 392 g/mol. The Hall–Kier alpha value is -3.81. The molecule has 8 nitrogen and oxygen atoms in total. The zero-order chi connectivity index (χ0) is 21.4. The van der Waals surface area contributed by atoms with Gasteiger partial charge < -0.3 is 9.80 Å². The first-order valence-electron chi connectivity index (χ1n) is 10.3. The molecule has 1 aliphatic carbocycles. The Morgan fingerprint density at radius 3 is 2.48 bits per heavy atom. The van der Waals surface area contributed by atoms with Gasteiger partial charge in [-0.25, -0.2) is 9.67 Å². The van der Waals surface area contributed by atoms with Crippen LogP contribution in [-0.4, -0.2) is 69.2 Å². The third kappa shape index (κ3) is 3.72. The molecule has 2 aliphatic heterocycles. The summed E-state index contributed by atoms with van der Waals surface area (Å²) in [5, 5.41) is 4.39. The minimum absolute atomic E-state index is 0.00349. The highest BCUT2D eigenvalue weighted by Crippen LogP contribution is 2.19. The molecule has 0 bridgehead atoms. The molecule has 3 heterocycles. The molecule has 1 aromatic carbocycles. The van der Waals surface area contributed by atoms with Crippen LogP contribution in [0.5, 0.6) is 0 Å². The second-order valence-corrected chi connectivity index (χ2v) is 7.74. The predicted molar refractivity (Wildman–Crippen MR) is 117 cm³/mol. The van der Waals surface area contributed by atoms with Crippen LogP contribution in [0.3, 0.4) is 0 Å². The van der Waals surface area contributed by atoms with Gasteiger partial charge in [0.1, 0.15) is 5.92 Å². The molecule has 156 valence electrons. The van der Waals surface area contributed by atoms with Gasteiger partial charge in [0.25, 0.3) is 11.8 Å². The van der Waals surface area contributed by atoms with Crippen molar-refractivity contribution in [1.82, 2.24) is 19.6 Å². The number of nitrogens with zero attached hydrogens (tertiary/aromatic N) is 6. The van der Waals surface area contributed by atoms with Gasteiger partial charge in [-0.15, -0.1) is 0 Å². The number of carbonyl (C=O) groups excluding carboxylic acids is 2. The number of aromatic nitrogens is 2. The molecule has 1 atom stereocenters. The fourth-order valence-electron chi connectivity index (χ4n) is 3.91. The van der Waals surface area contributed by atoms with Crippen LogP contribution in [0, 0.1) is 12.8 Å². The number of hydrogen-bond donors (Lipinski definition) is 0. The largest absolute Gasteiger partial charge is 0.337 e. The minimum atomic E-state index is -0.370. The first-order chi connectivity index (χ1) is 15.1. The molecule has 5 rings (SSSR count). The maximum atomic E-state index is 12.9. The van der Waals surface area contributed by atoms with Crippen LogP contribution in [0.25, 0.3) is 5.69 Å². The van der Waals surface area contributed by atoms with Gasteiger partial charge in [0.15, 0.2) is 0 Å². The number of allylic oxidation sites excluding steroid dienone is 3. The normalized spacial score (nSPS) is 20.4. The molecule has 0 spiro atoms. The molecule has 2 amide bonds. The van der Waals surface area contributed by atoms with Crippen molar-refractivity contribution < 1.29 is 9.59 Å². The van der Waals surface area contributed by atoms with E-state index in [9.17, 15) is 9.59 Å². The number of piperazine rings is 1. The van der Waals surface area contributed by atoms with Gasteiger partial charge in [-0.3, -0.25) is 9.59 Å². The highest BCUT2D eigenvalue weighted by molar-refractivity contribution is 6.21. The van der Waals surface area contributed by atoms with Crippen LogP contribution in [0.15, 0.2) is 70.8 Å². The van der Waals surface area contributed by atoms with Crippen molar-refractivity contribution in [2.45, 2.75) is 6.92 Å². The van der Waals surface area contributed by atoms with Crippen molar-refractivity contribution >= 4 is 23.5 Å². The van der Waals surface area contributed by atoms with Crippen molar-refractivity contribution in [3.05, 3.63) is 72.1 Å². The Kier molecular flexibility index (Phi) is 4.82. The van der Waals surface area contributed by atoms with E-state index in [2.05, 4.69) is 15.1 Å². The van der Waals surface area contributed by atoms with E-state index >= 15 is 0 Å². The van der Waals surface area contributed by atoms with E-state index in [4.69, 9.17) is 0 Å². The monoisotopic (exact) mass is 414 g/mol. The van der Waals surface area contributed by atoms with Gasteiger partial charge in [-0.1, -0.05) is 18.2 Å². The maximum Gasteiger partial charge on any atom is 0.261 e. The smallest absolute Gasteiger partial charge is 0.261 e.